The average molecular weight is 338 g/mol. The Hall–Kier alpha value is -1.42. The van der Waals surface area contributed by atoms with E-state index in [-0.39, 0.29) is 0 Å². The Morgan fingerprint density at radius 2 is 1.76 bits per heavy atom. The molecule has 0 spiro atoms. The zero-order chi connectivity index (χ0) is 17.1. The number of benzene rings is 2. The highest BCUT2D eigenvalue weighted by atomic mass is 16.3. The first kappa shape index (κ1) is 17.0. The Kier molecular flexibility index (Phi) is 5.35. The number of rotatable bonds is 5. The second-order valence-corrected chi connectivity index (χ2v) is 7.76. The number of hydrogen-bond donors (Lipinski definition) is 1. The lowest BCUT2D eigenvalue weighted by Crippen LogP contribution is -2.55. The number of aliphatic hydroxyl groups excluding tert-OH is 1. The topological polar surface area (TPSA) is 26.7 Å². The lowest BCUT2D eigenvalue weighted by molar-refractivity contribution is 0.0267. The molecule has 1 heterocycles. The molecule has 1 saturated heterocycles. The Morgan fingerprint density at radius 3 is 2.56 bits per heavy atom. The van der Waals surface area contributed by atoms with Crippen molar-refractivity contribution in [1.82, 2.24) is 9.80 Å². The summed E-state index contributed by atoms with van der Waals surface area (Å²) in [6.45, 7) is 4.71. The highest BCUT2D eigenvalue weighted by Gasteiger charge is 2.32. The van der Waals surface area contributed by atoms with Crippen LogP contribution >= 0.6 is 0 Å². The van der Waals surface area contributed by atoms with Crippen molar-refractivity contribution in [1.29, 1.82) is 0 Å². The highest BCUT2D eigenvalue weighted by Crippen LogP contribution is 2.28. The van der Waals surface area contributed by atoms with Crippen molar-refractivity contribution < 1.29 is 5.11 Å². The van der Waals surface area contributed by atoms with E-state index in [1.807, 2.05) is 0 Å². The van der Waals surface area contributed by atoms with Crippen molar-refractivity contribution in [2.24, 2.45) is 0 Å². The molecule has 2 aliphatic rings. The molecular formula is C22H30N2O. The largest absolute Gasteiger partial charge is 0.396 e. The van der Waals surface area contributed by atoms with Gasteiger partial charge in [-0.3, -0.25) is 9.80 Å². The number of fused-ring (bicyclic) bond motifs is 1. The van der Waals surface area contributed by atoms with Crippen LogP contribution < -0.4 is 0 Å². The number of nitrogens with zero attached hydrogens (tertiary/aromatic N) is 2. The van der Waals surface area contributed by atoms with Gasteiger partial charge in [-0.05, 0) is 41.7 Å². The standard InChI is InChI=1S/C22H30N2O/c25-14-11-22-17-23(12-13-24(22)21-7-3-4-8-21)16-18-9-10-19-5-1-2-6-20(19)15-18/h1-2,5-6,9-10,15,21-22,25H,3-4,7-8,11-14,16-17H2/t22-/m1/s1. The van der Waals surface area contributed by atoms with E-state index in [0.29, 0.717) is 12.6 Å². The van der Waals surface area contributed by atoms with Gasteiger partial charge in [0, 0.05) is 44.9 Å². The van der Waals surface area contributed by atoms with Gasteiger partial charge in [-0.25, -0.2) is 0 Å². The lowest BCUT2D eigenvalue weighted by Gasteiger charge is -2.44. The molecule has 4 rings (SSSR count). The predicted octanol–water partition coefficient (Wildman–Crippen LogP) is 3.65. The summed E-state index contributed by atoms with van der Waals surface area (Å²) in [5.41, 5.74) is 1.40. The van der Waals surface area contributed by atoms with Gasteiger partial charge in [0.05, 0.1) is 0 Å². The minimum Gasteiger partial charge on any atom is -0.396 e. The molecule has 2 fully saturated rings. The maximum atomic E-state index is 9.53. The first-order valence-corrected chi connectivity index (χ1v) is 9.90. The van der Waals surface area contributed by atoms with Crippen molar-refractivity contribution in [2.45, 2.75) is 50.7 Å². The molecule has 3 heteroatoms. The van der Waals surface area contributed by atoms with Gasteiger partial charge in [-0.2, -0.15) is 0 Å². The zero-order valence-corrected chi connectivity index (χ0v) is 15.1. The van der Waals surface area contributed by atoms with Crippen molar-refractivity contribution >= 4 is 10.8 Å². The van der Waals surface area contributed by atoms with Gasteiger partial charge in [-0.1, -0.05) is 49.2 Å². The quantitative estimate of drug-likeness (QED) is 0.901. The van der Waals surface area contributed by atoms with Crippen LogP contribution in [0, 0.1) is 0 Å². The summed E-state index contributed by atoms with van der Waals surface area (Å²) >= 11 is 0. The number of piperazine rings is 1. The third-order valence-electron chi connectivity index (χ3n) is 6.09. The molecule has 134 valence electrons. The van der Waals surface area contributed by atoms with Gasteiger partial charge in [0.25, 0.3) is 0 Å². The minimum absolute atomic E-state index is 0.303. The number of hydrogen-bond acceptors (Lipinski definition) is 3. The van der Waals surface area contributed by atoms with Crippen LogP contribution in [0.2, 0.25) is 0 Å². The molecule has 3 nitrogen and oxygen atoms in total. The van der Waals surface area contributed by atoms with E-state index in [0.717, 1.165) is 38.6 Å². The summed E-state index contributed by atoms with van der Waals surface area (Å²) in [4.78, 5) is 5.29. The summed E-state index contributed by atoms with van der Waals surface area (Å²) in [7, 11) is 0. The second-order valence-electron chi connectivity index (χ2n) is 7.76. The molecule has 0 unspecified atom stereocenters. The third-order valence-corrected chi connectivity index (χ3v) is 6.09. The van der Waals surface area contributed by atoms with Crippen molar-refractivity contribution in [3.8, 4) is 0 Å². The van der Waals surface area contributed by atoms with Crippen LogP contribution in [-0.2, 0) is 6.54 Å². The molecule has 0 amide bonds. The number of aliphatic hydroxyl groups is 1. The normalized spacial score (nSPS) is 23.5. The smallest absolute Gasteiger partial charge is 0.0446 e. The monoisotopic (exact) mass is 338 g/mol. The van der Waals surface area contributed by atoms with E-state index >= 15 is 0 Å². The fourth-order valence-corrected chi connectivity index (χ4v) is 4.80. The summed E-state index contributed by atoms with van der Waals surface area (Å²) in [5.74, 6) is 0. The highest BCUT2D eigenvalue weighted by molar-refractivity contribution is 5.82. The van der Waals surface area contributed by atoms with Crippen molar-refractivity contribution in [2.75, 3.05) is 26.2 Å². The molecule has 2 aromatic rings. The van der Waals surface area contributed by atoms with Gasteiger partial charge in [0.1, 0.15) is 0 Å². The van der Waals surface area contributed by atoms with Crippen molar-refractivity contribution in [3.05, 3.63) is 48.0 Å². The van der Waals surface area contributed by atoms with E-state index in [1.54, 1.807) is 0 Å². The maximum Gasteiger partial charge on any atom is 0.0446 e. The predicted molar refractivity (Wildman–Crippen MR) is 104 cm³/mol. The molecule has 0 aromatic heterocycles. The Bertz CT molecular complexity index is 695. The van der Waals surface area contributed by atoms with Crippen LogP contribution in [0.1, 0.15) is 37.7 Å². The van der Waals surface area contributed by atoms with Crippen molar-refractivity contribution in [3.63, 3.8) is 0 Å². The molecule has 1 aliphatic carbocycles. The van der Waals surface area contributed by atoms with Gasteiger partial charge < -0.3 is 5.11 Å². The summed E-state index contributed by atoms with van der Waals surface area (Å²) in [6.07, 6.45) is 6.38. The third kappa shape index (κ3) is 3.89. The fraction of sp³-hybridized carbons (Fsp3) is 0.545. The van der Waals surface area contributed by atoms with Crippen LogP contribution in [-0.4, -0.2) is 53.2 Å². The molecule has 0 bridgehead atoms. The molecule has 2 aromatic carbocycles. The van der Waals surface area contributed by atoms with Gasteiger partial charge in [-0.15, -0.1) is 0 Å². The van der Waals surface area contributed by atoms with Crippen LogP contribution in [0.5, 0.6) is 0 Å². The van der Waals surface area contributed by atoms with E-state index in [9.17, 15) is 5.11 Å². The molecule has 1 atom stereocenters. The first-order valence-electron chi connectivity index (χ1n) is 9.90. The van der Waals surface area contributed by atoms with E-state index in [1.165, 1.54) is 42.0 Å². The Balaban J connectivity index is 1.43. The average Bonchev–Trinajstić information content (AvgIpc) is 3.17. The van der Waals surface area contributed by atoms with Crippen LogP contribution in [0.4, 0.5) is 0 Å². The van der Waals surface area contributed by atoms with E-state index in [4.69, 9.17) is 0 Å². The summed E-state index contributed by atoms with van der Waals surface area (Å²) in [6, 6.07) is 16.7. The molecule has 0 radical (unpaired) electrons. The molecule has 1 saturated carbocycles. The lowest BCUT2D eigenvalue weighted by atomic mass is 10.0. The minimum atomic E-state index is 0.303. The molecular weight excluding hydrogens is 308 g/mol. The van der Waals surface area contributed by atoms with Crippen LogP contribution in [0.15, 0.2) is 42.5 Å². The zero-order valence-electron chi connectivity index (χ0n) is 15.1. The van der Waals surface area contributed by atoms with Gasteiger partial charge >= 0.3 is 0 Å². The second kappa shape index (κ2) is 7.86. The SMILES string of the molecule is OCC[C@@H]1CN(Cc2ccc3ccccc3c2)CCN1C1CCCC1. The maximum absolute atomic E-state index is 9.53. The Labute approximate surface area is 151 Å². The Morgan fingerprint density at radius 1 is 0.960 bits per heavy atom. The van der Waals surface area contributed by atoms with Crippen LogP contribution in [0.25, 0.3) is 10.8 Å². The summed E-state index contributed by atoms with van der Waals surface area (Å²) < 4.78 is 0. The van der Waals surface area contributed by atoms with E-state index < -0.39 is 0 Å². The van der Waals surface area contributed by atoms with Gasteiger partial charge in [0.2, 0.25) is 0 Å². The molecule has 1 aliphatic heterocycles. The van der Waals surface area contributed by atoms with Crippen LogP contribution in [0.3, 0.4) is 0 Å². The molecule has 1 N–H and O–H groups in total. The first-order chi connectivity index (χ1) is 12.3. The van der Waals surface area contributed by atoms with E-state index in [2.05, 4.69) is 52.3 Å². The van der Waals surface area contributed by atoms with Gasteiger partial charge in [0.15, 0.2) is 0 Å². The summed E-state index contributed by atoms with van der Waals surface area (Å²) in [5, 5.41) is 12.2. The molecule has 25 heavy (non-hydrogen) atoms. The fourth-order valence-electron chi connectivity index (χ4n) is 4.80.